The molecule has 4 aromatic rings. The number of aromatic nitrogens is 4. The maximum Gasteiger partial charge on any atom is 0.332 e. The van der Waals surface area contributed by atoms with Crippen LogP contribution in [0.4, 0.5) is 0 Å². The summed E-state index contributed by atoms with van der Waals surface area (Å²) in [7, 11) is 2.91. The number of rotatable bonds is 7. The Morgan fingerprint density at radius 1 is 1.09 bits per heavy atom. The van der Waals surface area contributed by atoms with E-state index in [1.54, 1.807) is 16.2 Å². The highest BCUT2D eigenvalue weighted by Crippen LogP contribution is 2.20. The van der Waals surface area contributed by atoms with Crippen LogP contribution >= 0.6 is 22.9 Å². The van der Waals surface area contributed by atoms with Crippen molar-refractivity contribution in [2.75, 3.05) is 6.54 Å². The van der Waals surface area contributed by atoms with Crippen LogP contribution in [0, 0.1) is 6.92 Å². The molecule has 0 saturated carbocycles. The summed E-state index contributed by atoms with van der Waals surface area (Å²) >= 11 is 7.97. The number of aryl methyl sites for hydroxylation is 2. The molecule has 172 valence electrons. The molecule has 0 unspecified atom stereocenters. The molecule has 0 N–H and O–H groups in total. The van der Waals surface area contributed by atoms with Gasteiger partial charge in [0.2, 0.25) is 11.2 Å². The molecule has 0 radical (unpaired) electrons. The summed E-state index contributed by atoms with van der Waals surface area (Å²) in [6.45, 7) is 2.86. The molecule has 0 aliphatic carbocycles. The lowest BCUT2D eigenvalue weighted by atomic mass is 10.1. The average Bonchev–Trinajstić information content (AvgIpc) is 3.37. The van der Waals surface area contributed by atoms with Crippen LogP contribution in [0.15, 0.2) is 52.1 Å². The van der Waals surface area contributed by atoms with Crippen LogP contribution in [0.3, 0.4) is 0 Å². The van der Waals surface area contributed by atoms with Crippen LogP contribution in [0.2, 0.25) is 5.28 Å². The normalized spacial score (nSPS) is 11.3. The number of hydrogen-bond donors (Lipinski definition) is 0. The van der Waals surface area contributed by atoms with E-state index in [0.717, 1.165) is 15.0 Å². The van der Waals surface area contributed by atoms with Gasteiger partial charge >= 0.3 is 5.69 Å². The highest BCUT2D eigenvalue weighted by molar-refractivity contribution is 7.11. The molecule has 0 atom stereocenters. The number of thiophene rings is 1. The predicted octanol–water partition coefficient (Wildman–Crippen LogP) is 2.73. The van der Waals surface area contributed by atoms with E-state index >= 15 is 0 Å². The topological polar surface area (TPSA) is 82.1 Å². The van der Waals surface area contributed by atoms with E-state index in [0.29, 0.717) is 19.5 Å². The first-order valence-corrected chi connectivity index (χ1v) is 11.6. The quantitative estimate of drug-likeness (QED) is 0.377. The molecule has 0 spiro atoms. The Kier molecular flexibility index (Phi) is 6.53. The first-order valence-electron chi connectivity index (χ1n) is 10.4. The highest BCUT2D eigenvalue weighted by atomic mass is 35.5. The minimum Gasteiger partial charge on any atom is -0.336 e. The molecule has 8 nitrogen and oxygen atoms in total. The van der Waals surface area contributed by atoms with Crippen molar-refractivity contribution in [3.63, 3.8) is 0 Å². The molecule has 0 fully saturated rings. The van der Waals surface area contributed by atoms with Gasteiger partial charge in [0.25, 0.3) is 5.56 Å². The maximum atomic E-state index is 13.4. The van der Waals surface area contributed by atoms with E-state index in [1.165, 1.54) is 28.1 Å². The zero-order valence-electron chi connectivity index (χ0n) is 18.6. The van der Waals surface area contributed by atoms with Gasteiger partial charge in [0.15, 0.2) is 11.2 Å². The number of amides is 1. The molecule has 1 aromatic carbocycles. The monoisotopic (exact) mass is 485 g/mol. The number of carbonyl (C=O) groups excluding carboxylic acids is 1. The summed E-state index contributed by atoms with van der Waals surface area (Å²) in [5.74, 6) is -0.186. The van der Waals surface area contributed by atoms with Crippen molar-refractivity contribution in [2.24, 2.45) is 14.1 Å². The van der Waals surface area contributed by atoms with Crippen LogP contribution in [0.1, 0.15) is 15.3 Å². The lowest BCUT2D eigenvalue weighted by Gasteiger charge is -2.23. The minimum atomic E-state index is -0.537. The number of hydrogen-bond acceptors (Lipinski definition) is 5. The minimum absolute atomic E-state index is 0.00775. The standard InChI is InChI=1S/C23H24ClN5O3S/c1-15-9-10-17(33-15)13-28(12-11-16-7-5-4-6-8-16)18(30)14-29-19-20(25-22(29)24)26(2)23(32)27(3)21(19)31/h4-10H,11-14H2,1-3H3. The fraction of sp³-hybridized carbons (Fsp3) is 0.304. The Labute approximate surface area is 199 Å². The Balaban J connectivity index is 1.66. The fourth-order valence-electron chi connectivity index (χ4n) is 3.76. The van der Waals surface area contributed by atoms with Gasteiger partial charge in [-0.05, 0) is 42.6 Å². The summed E-state index contributed by atoms with van der Waals surface area (Å²) < 4.78 is 3.63. The molecule has 3 aromatic heterocycles. The van der Waals surface area contributed by atoms with E-state index in [9.17, 15) is 14.4 Å². The van der Waals surface area contributed by atoms with Gasteiger partial charge in [0.05, 0.1) is 6.54 Å². The zero-order chi connectivity index (χ0) is 23.7. The van der Waals surface area contributed by atoms with Gasteiger partial charge in [0, 0.05) is 30.4 Å². The van der Waals surface area contributed by atoms with Gasteiger partial charge in [-0.1, -0.05) is 30.3 Å². The summed E-state index contributed by atoms with van der Waals surface area (Å²) in [5.41, 5.74) is 0.383. The summed E-state index contributed by atoms with van der Waals surface area (Å²) in [4.78, 5) is 46.7. The second kappa shape index (κ2) is 9.36. The second-order valence-electron chi connectivity index (χ2n) is 7.91. The average molecular weight is 486 g/mol. The number of nitrogens with zero attached hydrogens (tertiary/aromatic N) is 5. The van der Waals surface area contributed by atoms with Crippen molar-refractivity contribution in [1.82, 2.24) is 23.6 Å². The van der Waals surface area contributed by atoms with Gasteiger partial charge in [-0.3, -0.25) is 23.3 Å². The molecule has 0 saturated heterocycles. The zero-order valence-corrected chi connectivity index (χ0v) is 20.2. The number of fused-ring (bicyclic) bond motifs is 1. The molecule has 33 heavy (non-hydrogen) atoms. The Bertz CT molecular complexity index is 1430. The number of imidazole rings is 1. The van der Waals surface area contributed by atoms with E-state index in [4.69, 9.17) is 11.6 Å². The van der Waals surface area contributed by atoms with Gasteiger partial charge in [-0.2, -0.15) is 4.98 Å². The molecule has 0 bridgehead atoms. The maximum absolute atomic E-state index is 13.4. The van der Waals surface area contributed by atoms with Crippen molar-refractivity contribution >= 4 is 40.0 Å². The van der Waals surface area contributed by atoms with E-state index in [1.807, 2.05) is 49.4 Å². The van der Waals surface area contributed by atoms with Crippen LogP contribution in [-0.4, -0.2) is 36.0 Å². The Morgan fingerprint density at radius 2 is 1.82 bits per heavy atom. The van der Waals surface area contributed by atoms with Crippen molar-refractivity contribution in [3.8, 4) is 0 Å². The van der Waals surface area contributed by atoms with Gasteiger partial charge in [-0.15, -0.1) is 11.3 Å². The largest absolute Gasteiger partial charge is 0.336 e. The van der Waals surface area contributed by atoms with Crippen molar-refractivity contribution in [3.05, 3.63) is 83.9 Å². The van der Waals surface area contributed by atoms with Crippen LogP contribution in [0.5, 0.6) is 0 Å². The molecule has 1 amide bonds. The first kappa shape index (κ1) is 23.0. The van der Waals surface area contributed by atoms with E-state index in [-0.39, 0.29) is 28.9 Å². The molecular weight excluding hydrogens is 462 g/mol. The summed E-state index contributed by atoms with van der Waals surface area (Å²) in [5, 5.41) is -0.00775. The fourth-order valence-corrected chi connectivity index (χ4v) is 4.89. The van der Waals surface area contributed by atoms with Crippen molar-refractivity contribution in [2.45, 2.75) is 26.4 Å². The number of halogens is 1. The molecule has 0 aliphatic heterocycles. The third-order valence-electron chi connectivity index (χ3n) is 5.60. The SMILES string of the molecule is Cc1ccc(CN(CCc2ccccc2)C(=O)Cn2c(Cl)nc3c2c(=O)n(C)c(=O)n3C)s1. The van der Waals surface area contributed by atoms with E-state index in [2.05, 4.69) is 4.98 Å². The van der Waals surface area contributed by atoms with Gasteiger partial charge in [-0.25, -0.2) is 4.79 Å². The number of carbonyl (C=O) groups is 1. The van der Waals surface area contributed by atoms with E-state index < -0.39 is 11.2 Å². The van der Waals surface area contributed by atoms with Crippen molar-refractivity contribution < 1.29 is 4.79 Å². The lowest BCUT2D eigenvalue weighted by Crippen LogP contribution is -2.39. The Hall–Kier alpha value is -3.17. The first-order chi connectivity index (χ1) is 15.8. The van der Waals surface area contributed by atoms with Crippen LogP contribution < -0.4 is 11.2 Å². The summed E-state index contributed by atoms with van der Waals surface area (Å²) in [6.07, 6.45) is 0.700. The van der Waals surface area contributed by atoms with Gasteiger partial charge < -0.3 is 4.90 Å². The van der Waals surface area contributed by atoms with Crippen molar-refractivity contribution in [1.29, 1.82) is 0 Å². The van der Waals surface area contributed by atoms with Gasteiger partial charge in [0.1, 0.15) is 6.54 Å². The van der Waals surface area contributed by atoms with Crippen LogP contribution in [-0.2, 0) is 38.4 Å². The molecule has 0 aliphatic rings. The Morgan fingerprint density at radius 3 is 2.48 bits per heavy atom. The molecule has 10 heteroatoms. The third-order valence-corrected chi connectivity index (χ3v) is 6.88. The molecule has 3 heterocycles. The smallest absolute Gasteiger partial charge is 0.332 e. The number of benzene rings is 1. The van der Waals surface area contributed by atoms with Crippen LogP contribution in [0.25, 0.3) is 11.2 Å². The summed E-state index contributed by atoms with van der Waals surface area (Å²) in [6, 6.07) is 14.0. The molecule has 4 rings (SSSR count). The highest BCUT2D eigenvalue weighted by Gasteiger charge is 2.22. The second-order valence-corrected chi connectivity index (χ2v) is 9.62. The third kappa shape index (κ3) is 4.65. The molecular formula is C23H24ClN5O3S. The predicted molar refractivity (Wildman–Crippen MR) is 130 cm³/mol. The lowest BCUT2D eigenvalue weighted by molar-refractivity contribution is -0.132.